The minimum Gasteiger partial charge on any atom is -0.309 e. The fourth-order valence-electron chi connectivity index (χ4n) is 3.39. The van der Waals surface area contributed by atoms with Gasteiger partial charge in [0.1, 0.15) is 10.4 Å². The van der Waals surface area contributed by atoms with Crippen molar-refractivity contribution in [3.05, 3.63) is 22.3 Å². The van der Waals surface area contributed by atoms with Gasteiger partial charge in [-0.05, 0) is 61.4 Å². The SMILES string of the molecule is Cc1ccc(Br)nc1NC(=O)[C@@H]1C[C@@]2(CN(C)C)C[C@H]2N1. The van der Waals surface area contributed by atoms with E-state index >= 15 is 0 Å². The Kier molecular flexibility index (Phi) is 3.80. The number of amides is 1. The Morgan fingerprint density at radius 2 is 2.29 bits per heavy atom. The minimum absolute atomic E-state index is 0.0223. The molecular weight excluding hydrogens is 332 g/mol. The lowest BCUT2D eigenvalue weighted by atomic mass is 9.99. The summed E-state index contributed by atoms with van der Waals surface area (Å²) in [6.45, 7) is 2.99. The van der Waals surface area contributed by atoms with Gasteiger partial charge in [0.15, 0.2) is 0 Å². The molecular formula is C15H21BrN4O. The number of hydrogen-bond donors (Lipinski definition) is 2. The molecule has 3 rings (SSSR count). The molecule has 1 aromatic heterocycles. The predicted octanol–water partition coefficient (Wildman–Crippen LogP) is 1.77. The summed E-state index contributed by atoms with van der Waals surface area (Å²) >= 11 is 3.34. The van der Waals surface area contributed by atoms with Crippen LogP contribution in [0.1, 0.15) is 18.4 Å². The third kappa shape index (κ3) is 2.98. The number of aromatic nitrogens is 1. The number of carbonyl (C=O) groups is 1. The molecule has 0 bridgehead atoms. The van der Waals surface area contributed by atoms with Gasteiger partial charge in [-0.15, -0.1) is 0 Å². The highest BCUT2D eigenvalue weighted by atomic mass is 79.9. The number of anilines is 1. The highest BCUT2D eigenvalue weighted by Crippen LogP contribution is 2.54. The van der Waals surface area contributed by atoms with Crippen molar-refractivity contribution in [1.29, 1.82) is 0 Å². The van der Waals surface area contributed by atoms with Crippen LogP contribution in [0.15, 0.2) is 16.7 Å². The summed E-state index contributed by atoms with van der Waals surface area (Å²) < 4.78 is 0.731. The molecule has 0 radical (unpaired) electrons. The molecule has 0 aromatic carbocycles. The highest BCUT2D eigenvalue weighted by Gasteiger charge is 2.61. The predicted molar refractivity (Wildman–Crippen MR) is 86.2 cm³/mol. The van der Waals surface area contributed by atoms with E-state index in [2.05, 4.69) is 50.5 Å². The van der Waals surface area contributed by atoms with Gasteiger partial charge in [0.2, 0.25) is 5.91 Å². The van der Waals surface area contributed by atoms with Crippen LogP contribution in [-0.4, -0.2) is 48.5 Å². The summed E-state index contributed by atoms with van der Waals surface area (Å²) in [5, 5.41) is 6.40. The van der Waals surface area contributed by atoms with Gasteiger partial charge < -0.3 is 15.5 Å². The zero-order chi connectivity index (χ0) is 15.2. The quantitative estimate of drug-likeness (QED) is 0.811. The summed E-state index contributed by atoms with van der Waals surface area (Å²) in [6.07, 6.45) is 2.10. The van der Waals surface area contributed by atoms with Crippen LogP contribution in [0.2, 0.25) is 0 Å². The van der Waals surface area contributed by atoms with Crippen molar-refractivity contribution < 1.29 is 4.79 Å². The van der Waals surface area contributed by atoms with E-state index in [1.54, 1.807) is 0 Å². The first-order valence-electron chi connectivity index (χ1n) is 7.24. The first kappa shape index (κ1) is 14.9. The summed E-state index contributed by atoms with van der Waals surface area (Å²) in [7, 11) is 4.18. The second kappa shape index (κ2) is 5.34. The molecule has 1 saturated carbocycles. The molecule has 1 amide bonds. The summed E-state index contributed by atoms with van der Waals surface area (Å²) in [6, 6.07) is 4.20. The topological polar surface area (TPSA) is 57.3 Å². The minimum atomic E-state index is -0.108. The fraction of sp³-hybridized carbons (Fsp3) is 0.600. The van der Waals surface area contributed by atoms with Crippen molar-refractivity contribution in [3.8, 4) is 0 Å². The van der Waals surface area contributed by atoms with Crippen LogP contribution in [0.4, 0.5) is 5.82 Å². The van der Waals surface area contributed by atoms with Crippen molar-refractivity contribution >= 4 is 27.7 Å². The van der Waals surface area contributed by atoms with Gasteiger partial charge in [0.25, 0.3) is 0 Å². The largest absolute Gasteiger partial charge is 0.309 e. The number of hydrogen-bond acceptors (Lipinski definition) is 4. The number of piperidine rings is 1. The molecule has 0 spiro atoms. The van der Waals surface area contributed by atoms with E-state index in [-0.39, 0.29) is 11.9 Å². The Hall–Kier alpha value is -0.980. The first-order chi connectivity index (χ1) is 9.89. The molecule has 1 aromatic rings. The van der Waals surface area contributed by atoms with Crippen molar-refractivity contribution in [3.63, 3.8) is 0 Å². The molecule has 2 heterocycles. The Balaban J connectivity index is 1.64. The maximum absolute atomic E-state index is 12.4. The van der Waals surface area contributed by atoms with Gasteiger partial charge in [0, 0.05) is 18.0 Å². The number of nitrogens with zero attached hydrogens (tertiary/aromatic N) is 2. The number of rotatable bonds is 4. The maximum Gasteiger partial charge on any atom is 0.242 e. The van der Waals surface area contributed by atoms with Gasteiger partial charge in [-0.3, -0.25) is 4.79 Å². The van der Waals surface area contributed by atoms with Gasteiger partial charge in [-0.25, -0.2) is 4.98 Å². The van der Waals surface area contributed by atoms with Crippen LogP contribution in [0.25, 0.3) is 0 Å². The molecule has 3 atom stereocenters. The van der Waals surface area contributed by atoms with E-state index in [1.165, 1.54) is 6.42 Å². The molecule has 0 unspecified atom stereocenters. The molecule has 21 heavy (non-hydrogen) atoms. The van der Waals surface area contributed by atoms with E-state index in [1.807, 2.05) is 19.1 Å². The second-order valence-electron chi connectivity index (χ2n) is 6.57. The number of nitrogens with one attached hydrogen (secondary N) is 2. The average Bonchev–Trinajstić information content (AvgIpc) is 2.93. The van der Waals surface area contributed by atoms with Crippen molar-refractivity contribution in [2.45, 2.75) is 31.8 Å². The van der Waals surface area contributed by atoms with Crippen LogP contribution in [-0.2, 0) is 4.79 Å². The number of fused-ring (bicyclic) bond motifs is 1. The van der Waals surface area contributed by atoms with Gasteiger partial charge >= 0.3 is 0 Å². The molecule has 2 N–H and O–H groups in total. The monoisotopic (exact) mass is 352 g/mol. The van der Waals surface area contributed by atoms with Gasteiger partial charge in [0.05, 0.1) is 6.04 Å². The van der Waals surface area contributed by atoms with Crippen LogP contribution >= 0.6 is 15.9 Å². The fourth-order valence-corrected chi connectivity index (χ4v) is 3.70. The standard InChI is InChI=1S/C15H21BrN4O/c1-9-4-5-12(16)18-13(9)19-14(21)10-6-15(8-20(2)3)7-11(15)17-10/h4-5,10-11,17H,6-8H2,1-3H3,(H,18,19,21)/t10-,11+,15-/m0/s1. The Labute approximate surface area is 133 Å². The molecule has 5 nitrogen and oxygen atoms in total. The Bertz CT molecular complexity index is 577. The number of aryl methyl sites for hydroxylation is 1. The normalized spacial score (nSPS) is 30.3. The zero-order valence-electron chi connectivity index (χ0n) is 12.6. The van der Waals surface area contributed by atoms with Crippen LogP contribution in [0.3, 0.4) is 0 Å². The molecule has 1 aliphatic carbocycles. The summed E-state index contributed by atoms with van der Waals surface area (Å²) in [5.41, 5.74) is 1.27. The van der Waals surface area contributed by atoms with E-state index in [0.29, 0.717) is 17.3 Å². The van der Waals surface area contributed by atoms with Crippen LogP contribution in [0, 0.1) is 12.3 Å². The van der Waals surface area contributed by atoms with Gasteiger partial charge in [-0.1, -0.05) is 6.07 Å². The van der Waals surface area contributed by atoms with E-state index < -0.39 is 0 Å². The number of pyridine rings is 1. The molecule has 2 fully saturated rings. The second-order valence-corrected chi connectivity index (χ2v) is 7.38. The average molecular weight is 353 g/mol. The third-order valence-corrected chi connectivity index (χ3v) is 4.90. The van der Waals surface area contributed by atoms with Crippen molar-refractivity contribution in [2.75, 3.05) is 26.0 Å². The first-order valence-corrected chi connectivity index (χ1v) is 8.04. The zero-order valence-corrected chi connectivity index (χ0v) is 14.2. The van der Waals surface area contributed by atoms with E-state index in [0.717, 1.165) is 23.1 Å². The highest BCUT2D eigenvalue weighted by molar-refractivity contribution is 9.10. The maximum atomic E-state index is 12.4. The third-order valence-electron chi connectivity index (χ3n) is 4.45. The smallest absolute Gasteiger partial charge is 0.242 e. The number of carbonyl (C=O) groups excluding carboxylic acids is 1. The molecule has 1 saturated heterocycles. The number of halogens is 1. The Morgan fingerprint density at radius 3 is 3.00 bits per heavy atom. The van der Waals surface area contributed by atoms with Crippen molar-refractivity contribution in [1.82, 2.24) is 15.2 Å². The molecule has 6 heteroatoms. The van der Waals surface area contributed by atoms with Crippen LogP contribution < -0.4 is 10.6 Å². The molecule has 1 aliphatic heterocycles. The lowest BCUT2D eigenvalue weighted by Crippen LogP contribution is -2.38. The van der Waals surface area contributed by atoms with Crippen LogP contribution in [0.5, 0.6) is 0 Å². The van der Waals surface area contributed by atoms with Crippen molar-refractivity contribution in [2.24, 2.45) is 5.41 Å². The molecule has 2 aliphatic rings. The summed E-state index contributed by atoms with van der Waals surface area (Å²) in [4.78, 5) is 19.0. The Morgan fingerprint density at radius 1 is 1.52 bits per heavy atom. The van der Waals surface area contributed by atoms with E-state index in [4.69, 9.17) is 0 Å². The lowest BCUT2D eigenvalue weighted by molar-refractivity contribution is -0.118. The lowest BCUT2D eigenvalue weighted by Gasteiger charge is -2.19. The van der Waals surface area contributed by atoms with Gasteiger partial charge in [-0.2, -0.15) is 0 Å². The van der Waals surface area contributed by atoms with E-state index in [9.17, 15) is 4.79 Å². The summed E-state index contributed by atoms with van der Waals surface area (Å²) in [5.74, 6) is 0.660. The molecule has 114 valence electrons.